The van der Waals surface area contributed by atoms with Gasteiger partial charge in [-0.05, 0) is 59.9 Å². The average molecular weight is 357 g/mol. The zero-order valence-electron chi connectivity index (χ0n) is 11.6. The minimum absolute atomic E-state index is 0.245. The standard InChI is InChI=1S/C16H21BrO2S/c17-14-8-12-1-4-19-16(12)13(9-14)10-15(18)7-11-2-5-20-6-3-11/h8-9,11,15,18H,1-7,10H2. The zero-order valence-corrected chi connectivity index (χ0v) is 14.0. The molecule has 1 atom stereocenters. The summed E-state index contributed by atoms with van der Waals surface area (Å²) in [4.78, 5) is 0. The number of hydrogen-bond acceptors (Lipinski definition) is 3. The maximum Gasteiger partial charge on any atom is 0.125 e. The first-order valence-corrected chi connectivity index (χ1v) is 9.37. The number of benzene rings is 1. The van der Waals surface area contributed by atoms with Gasteiger partial charge in [0.15, 0.2) is 0 Å². The lowest BCUT2D eigenvalue weighted by Crippen LogP contribution is -2.19. The van der Waals surface area contributed by atoms with Crippen LogP contribution in [-0.2, 0) is 12.8 Å². The Balaban J connectivity index is 1.65. The van der Waals surface area contributed by atoms with Gasteiger partial charge in [0, 0.05) is 17.3 Å². The fourth-order valence-corrected chi connectivity index (χ4v) is 4.96. The Labute approximate surface area is 133 Å². The van der Waals surface area contributed by atoms with Crippen molar-refractivity contribution >= 4 is 27.7 Å². The summed E-state index contributed by atoms with van der Waals surface area (Å²) in [5, 5.41) is 10.4. The molecule has 2 aliphatic heterocycles. The van der Waals surface area contributed by atoms with E-state index in [1.54, 1.807) is 0 Å². The van der Waals surface area contributed by atoms with Gasteiger partial charge >= 0.3 is 0 Å². The summed E-state index contributed by atoms with van der Waals surface area (Å²) in [5.41, 5.74) is 2.43. The molecule has 0 spiro atoms. The molecule has 0 amide bonds. The molecule has 1 unspecified atom stereocenters. The highest BCUT2D eigenvalue weighted by atomic mass is 79.9. The summed E-state index contributed by atoms with van der Waals surface area (Å²) in [6, 6.07) is 4.24. The van der Waals surface area contributed by atoms with Crippen molar-refractivity contribution < 1.29 is 9.84 Å². The lowest BCUT2D eigenvalue weighted by atomic mass is 9.92. The Kier molecular flexibility index (Phi) is 4.95. The average Bonchev–Trinajstić information content (AvgIpc) is 2.88. The number of ether oxygens (including phenoxy) is 1. The zero-order chi connectivity index (χ0) is 13.9. The van der Waals surface area contributed by atoms with Gasteiger partial charge in [-0.2, -0.15) is 11.8 Å². The second-order valence-corrected chi connectivity index (χ2v) is 7.94. The number of hydrogen-bond donors (Lipinski definition) is 1. The molecular weight excluding hydrogens is 336 g/mol. The van der Waals surface area contributed by atoms with E-state index in [0.29, 0.717) is 12.3 Å². The van der Waals surface area contributed by atoms with E-state index in [4.69, 9.17) is 4.74 Å². The molecule has 0 saturated carbocycles. The van der Waals surface area contributed by atoms with Crippen LogP contribution in [0.25, 0.3) is 0 Å². The molecule has 20 heavy (non-hydrogen) atoms. The molecule has 1 saturated heterocycles. The van der Waals surface area contributed by atoms with Crippen LogP contribution < -0.4 is 4.74 Å². The molecule has 1 aromatic rings. The van der Waals surface area contributed by atoms with E-state index in [1.807, 2.05) is 11.8 Å². The Morgan fingerprint density at radius 1 is 1.35 bits per heavy atom. The van der Waals surface area contributed by atoms with E-state index in [0.717, 1.165) is 35.2 Å². The van der Waals surface area contributed by atoms with Gasteiger partial charge in [-0.1, -0.05) is 15.9 Å². The van der Waals surface area contributed by atoms with Crippen molar-refractivity contribution in [2.75, 3.05) is 18.1 Å². The van der Waals surface area contributed by atoms with Gasteiger partial charge in [0.25, 0.3) is 0 Å². The summed E-state index contributed by atoms with van der Waals surface area (Å²) >= 11 is 5.60. The number of fused-ring (bicyclic) bond motifs is 1. The summed E-state index contributed by atoms with van der Waals surface area (Å²) in [6.45, 7) is 0.773. The minimum atomic E-state index is -0.245. The smallest absolute Gasteiger partial charge is 0.125 e. The molecule has 4 heteroatoms. The SMILES string of the molecule is OC(Cc1cc(Br)cc2c1OCC2)CC1CCSCC1. The first kappa shape index (κ1) is 14.7. The van der Waals surface area contributed by atoms with Crippen molar-refractivity contribution in [2.24, 2.45) is 5.92 Å². The van der Waals surface area contributed by atoms with Gasteiger partial charge in [-0.25, -0.2) is 0 Å². The number of rotatable bonds is 4. The van der Waals surface area contributed by atoms with Gasteiger partial charge in [0.1, 0.15) is 5.75 Å². The van der Waals surface area contributed by atoms with Gasteiger partial charge in [0.05, 0.1) is 12.7 Å². The van der Waals surface area contributed by atoms with Crippen molar-refractivity contribution in [1.82, 2.24) is 0 Å². The molecule has 2 heterocycles. The quantitative estimate of drug-likeness (QED) is 0.888. The Hall–Kier alpha value is -0.190. The van der Waals surface area contributed by atoms with Crippen LogP contribution >= 0.6 is 27.7 Å². The van der Waals surface area contributed by atoms with Crippen LogP contribution in [0.4, 0.5) is 0 Å². The van der Waals surface area contributed by atoms with Crippen LogP contribution in [-0.4, -0.2) is 29.3 Å². The van der Waals surface area contributed by atoms with Crippen molar-refractivity contribution in [1.29, 1.82) is 0 Å². The molecule has 1 fully saturated rings. The van der Waals surface area contributed by atoms with Gasteiger partial charge in [-0.3, -0.25) is 0 Å². The van der Waals surface area contributed by atoms with E-state index in [2.05, 4.69) is 28.1 Å². The first-order chi connectivity index (χ1) is 9.72. The number of halogens is 1. The highest BCUT2D eigenvalue weighted by Crippen LogP contribution is 2.35. The normalized spacial score (nSPS) is 20.5. The summed E-state index contributed by atoms with van der Waals surface area (Å²) in [7, 11) is 0. The Morgan fingerprint density at radius 2 is 2.15 bits per heavy atom. The van der Waals surface area contributed by atoms with E-state index in [1.165, 1.54) is 29.9 Å². The molecule has 110 valence electrons. The van der Waals surface area contributed by atoms with Gasteiger partial charge < -0.3 is 9.84 Å². The third-order valence-electron chi connectivity index (χ3n) is 4.23. The molecule has 0 bridgehead atoms. The van der Waals surface area contributed by atoms with E-state index in [9.17, 15) is 5.11 Å². The number of thioether (sulfide) groups is 1. The highest BCUT2D eigenvalue weighted by molar-refractivity contribution is 9.10. The summed E-state index contributed by atoms with van der Waals surface area (Å²) < 4.78 is 6.84. The molecule has 0 aromatic heterocycles. The highest BCUT2D eigenvalue weighted by Gasteiger charge is 2.22. The predicted octanol–water partition coefficient (Wildman–Crippen LogP) is 3.82. The molecule has 0 aliphatic carbocycles. The maximum absolute atomic E-state index is 10.4. The van der Waals surface area contributed by atoms with Crippen LogP contribution in [0.1, 0.15) is 30.4 Å². The van der Waals surface area contributed by atoms with Crippen molar-refractivity contribution in [3.05, 3.63) is 27.7 Å². The predicted molar refractivity (Wildman–Crippen MR) is 87.7 cm³/mol. The monoisotopic (exact) mass is 356 g/mol. The van der Waals surface area contributed by atoms with Crippen LogP contribution in [0.5, 0.6) is 5.75 Å². The van der Waals surface area contributed by atoms with E-state index in [-0.39, 0.29) is 6.10 Å². The molecular formula is C16H21BrO2S. The first-order valence-electron chi connectivity index (χ1n) is 7.42. The fourth-order valence-electron chi connectivity index (χ4n) is 3.20. The van der Waals surface area contributed by atoms with Crippen LogP contribution in [0.2, 0.25) is 0 Å². The lowest BCUT2D eigenvalue weighted by Gasteiger charge is -2.24. The van der Waals surface area contributed by atoms with Crippen molar-refractivity contribution in [2.45, 2.75) is 38.2 Å². The topological polar surface area (TPSA) is 29.5 Å². The third kappa shape index (κ3) is 3.52. The molecule has 2 nitrogen and oxygen atoms in total. The lowest BCUT2D eigenvalue weighted by molar-refractivity contribution is 0.138. The van der Waals surface area contributed by atoms with Crippen molar-refractivity contribution in [3.8, 4) is 5.75 Å². The van der Waals surface area contributed by atoms with Crippen molar-refractivity contribution in [3.63, 3.8) is 0 Å². The molecule has 3 rings (SSSR count). The number of aliphatic hydroxyl groups excluding tert-OH is 1. The molecule has 1 N–H and O–H groups in total. The molecule has 0 radical (unpaired) electrons. The van der Waals surface area contributed by atoms with Crippen LogP contribution in [0.15, 0.2) is 16.6 Å². The Bertz CT molecular complexity index is 472. The fraction of sp³-hybridized carbons (Fsp3) is 0.625. The number of aliphatic hydroxyl groups is 1. The second-order valence-electron chi connectivity index (χ2n) is 5.80. The van der Waals surface area contributed by atoms with E-state index >= 15 is 0 Å². The van der Waals surface area contributed by atoms with E-state index < -0.39 is 0 Å². The van der Waals surface area contributed by atoms with Crippen LogP contribution in [0.3, 0.4) is 0 Å². The molecule has 1 aromatic carbocycles. The Morgan fingerprint density at radius 3 is 2.95 bits per heavy atom. The van der Waals surface area contributed by atoms with Crippen LogP contribution in [0, 0.1) is 5.92 Å². The summed E-state index contributed by atoms with van der Waals surface area (Å²) in [5.74, 6) is 4.23. The summed E-state index contributed by atoms with van der Waals surface area (Å²) in [6.07, 6.45) is 4.90. The molecule has 2 aliphatic rings. The third-order valence-corrected chi connectivity index (χ3v) is 5.73. The maximum atomic E-state index is 10.4. The minimum Gasteiger partial charge on any atom is -0.493 e. The van der Waals surface area contributed by atoms with Gasteiger partial charge in [-0.15, -0.1) is 0 Å². The van der Waals surface area contributed by atoms with Gasteiger partial charge in [0.2, 0.25) is 0 Å². The largest absolute Gasteiger partial charge is 0.493 e. The second kappa shape index (κ2) is 6.71.